The molecule has 29 heavy (non-hydrogen) atoms. The molecule has 3 rings (SSSR count). The van der Waals surface area contributed by atoms with Crippen LogP contribution in [-0.2, 0) is 11.3 Å². The fourth-order valence-electron chi connectivity index (χ4n) is 2.74. The number of rotatable bonds is 7. The molecule has 1 N–H and O–H groups in total. The molecule has 0 saturated carbocycles. The number of aryl methyl sites for hydroxylation is 1. The minimum absolute atomic E-state index is 0.123. The van der Waals surface area contributed by atoms with Crippen LogP contribution >= 0.6 is 35.0 Å². The van der Waals surface area contributed by atoms with E-state index in [1.54, 1.807) is 6.07 Å². The molecule has 0 atom stereocenters. The van der Waals surface area contributed by atoms with Gasteiger partial charge in [-0.1, -0.05) is 54.9 Å². The van der Waals surface area contributed by atoms with Gasteiger partial charge >= 0.3 is 0 Å². The quantitative estimate of drug-likeness (QED) is 0.453. The Morgan fingerprint density at radius 2 is 1.86 bits per heavy atom. The summed E-state index contributed by atoms with van der Waals surface area (Å²) < 4.78 is 2.05. The van der Waals surface area contributed by atoms with Crippen molar-refractivity contribution >= 4 is 46.6 Å². The molecule has 1 aromatic heterocycles. The Morgan fingerprint density at radius 1 is 1.14 bits per heavy atom. The zero-order valence-electron chi connectivity index (χ0n) is 16.4. The Kier molecular flexibility index (Phi) is 7.22. The third-order valence-electron chi connectivity index (χ3n) is 4.15. The summed E-state index contributed by atoms with van der Waals surface area (Å²) >= 11 is 13.5. The number of hydrogen-bond acceptors (Lipinski definition) is 4. The first-order valence-electron chi connectivity index (χ1n) is 9.21. The van der Waals surface area contributed by atoms with Crippen LogP contribution in [0.1, 0.15) is 19.4 Å². The maximum absolute atomic E-state index is 12.4. The highest BCUT2D eigenvalue weighted by Crippen LogP contribution is 2.26. The number of carbonyl (C=O) groups is 1. The molecule has 1 heterocycles. The number of halogens is 2. The van der Waals surface area contributed by atoms with E-state index in [0.29, 0.717) is 26.8 Å². The van der Waals surface area contributed by atoms with Gasteiger partial charge in [0.2, 0.25) is 5.91 Å². The molecule has 0 aliphatic rings. The van der Waals surface area contributed by atoms with Crippen LogP contribution in [0.4, 0.5) is 5.69 Å². The molecule has 0 bridgehead atoms. The normalized spacial score (nSPS) is 11.1. The maximum atomic E-state index is 12.4. The van der Waals surface area contributed by atoms with Crippen LogP contribution in [0.25, 0.3) is 11.4 Å². The number of nitrogens with one attached hydrogen (secondary N) is 1. The molecule has 1 amide bonds. The molecule has 0 saturated heterocycles. The molecule has 0 fully saturated rings. The first-order valence-corrected chi connectivity index (χ1v) is 11.0. The second-order valence-corrected chi connectivity index (χ2v) is 8.90. The number of amides is 1. The lowest BCUT2D eigenvalue weighted by molar-refractivity contribution is -0.113. The molecular formula is C21H22Cl2N4OS. The van der Waals surface area contributed by atoms with E-state index in [1.807, 2.05) is 43.3 Å². The number of nitrogens with zero attached hydrogens (tertiary/aromatic N) is 3. The van der Waals surface area contributed by atoms with Crippen LogP contribution in [-0.4, -0.2) is 26.4 Å². The second kappa shape index (κ2) is 9.65. The number of anilines is 1. The summed E-state index contributed by atoms with van der Waals surface area (Å²) in [5.74, 6) is 1.27. The topological polar surface area (TPSA) is 59.8 Å². The van der Waals surface area contributed by atoms with Crippen molar-refractivity contribution < 1.29 is 4.79 Å². The highest BCUT2D eigenvalue weighted by atomic mass is 35.5. The van der Waals surface area contributed by atoms with Crippen molar-refractivity contribution in [3.63, 3.8) is 0 Å². The van der Waals surface area contributed by atoms with Gasteiger partial charge < -0.3 is 9.88 Å². The Balaban J connectivity index is 1.73. The summed E-state index contributed by atoms with van der Waals surface area (Å²) in [7, 11) is 0. The van der Waals surface area contributed by atoms with Crippen LogP contribution in [0.5, 0.6) is 0 Å². The van der Waals surface area contributed by atoms with Gasteiger partial charge in [0.25, 0.3) is 0 Å². The third-order valence-corrected chi connectivity index (χ3v) is 5.78. The lowest BCUT2D eigenvalue weighted by atomic mass is 10.2. The molecule has 5 nitrogen and oxygen atoms in total. The highest BCUT2D eigenvalue weighted by molar-refractivity contribution is 7.99. The predicted octanol–water partition coefficient (Wildman–Crippen LogP) is 5.95. The fraction of sp³-hybridized carbons (Fsp3) is 0.286. The summed E-state index contributed by atoms with van der Waals surface area (Å²) in [4.78, 5) is 12.4. The van der Waals surface area contributed by atoms with E-state index < -0.39 is 0 Å². The summed E-state index contributed by atoms with van der Waals surface area (Å²) in [5, 5.41) is 13.5. The summed E-state index contributed by atoms with van der Waals surface area (Å²) in [6.07, 6.45) is 0. The van der Waals surface area contributed by atoms with Gasteiger partial charge in [-0.2, -0.15) is 0 Å². The van der Waals surface area contributed by atoms with Gasteiger partial charge in [-0.05, 0) is 54.8 Å². The van der Waals surface area contributed by atoms with Gasteiger partial charge in [-0.15, -0.1) is 10.2 Å². The van der Waals surface area contributed by atoms with Crippen molar-refractivity contribution in [3.05, 3.63) is 58.1 Å². The maximum Gasteiger partial charge on any atom is 0.234 e. The zero-order valence-corrected chi connectivity index (χ0v) is 18.8. The monoisotopic (exact) mass is 448 g/mol. The lowest BCUT2D eigenvalue weighted by Gasteiger charge is -2.12. The Hall–Kier alpha value is -2.02. The summed E-state index contributed by atoms with van der Waals surface area (Å²) in [6.45, 7) is 6.94. The number of hydrogen-bond donors (Lipinski definition) is 1. The van der Waals surface area contributed by atoms with Gasteiger partial charge in [0, 0.05) is 27.8 Å². The van der Waals surface area contributed by atoms with Crippen molar-refractivity contribution in [1.29, 1.82) is 0 Å². The molecule has 0 unspecified atom stereocenters. The van der Waals surface area contributed by atoms with Gasteiger partial charge in [0.15, 0.2) is 11.0 Å². The number of carbonyl (C=O) groups excluding carboxylic acids is 1. The average Bonchev–Trinajstić information content (AvgIpc) is 3.05. The molecule has 8 heteroatoms. The fourth-order valence-corrected chi connectivity index (χ4v) is 3.79. The van der Waals surface area contributed by atoms with E-state index in [9.17, 15) is 4.79 Å². The number of benzene rings is 2. The van der Waals surface area contributed by atoms with Crippen LogP contribution in [0.15, 0.2) is 47.6 Å². The van der Waals surface area contributed by atoms with E-state index in [-0.39, 0.29) is 11.7 Å². The zero-order chi connectivity index (χ0) is 21.0. The Morgan fingerprint density at radius 3 is 2.52 bits per heavy atom. The largest absolute Gasteiger partial charge is 0.325 e. The standard InChI is InChI=1S/C21H22Cl2N4OS/c1-13(2)11-27-20(15-5-7-16(22)8-6-15)25-26-21(27)29-12-19(28)24-17-9-4-14(3)18(23)10-17/h4-10,13H,11-12H2,1-3H3,(H,24,28). The van der Waals surface area contributed by atoms with Crippen LogP contribution in [0.2, 0.25) is 10.0 Å². The molecule has 152 valence electrons. The van der Waals surface area contributed by atoms with E-state index in [4.69, 9.17) is 23.2 Å². The number of thioether (sulfide) groups is 1. The lowest BCUT2D eigenvalue weighted by Crippen LogP contribution is -2.15. The summed E-state index contributed by atoms with van der Waals surface area (Å²) in [6, 6.07) is 13.0. The van der Waals surface area contributed by atoms with Crippen LogP contribution in [0, 0.1) is 12.8 Å². The molecule has 0 aliphatic carbocycles. The van der Waals surface area contributed by atoms with E-state index in [2.05, 4.69) is 33.9 Å². The molecule has 0 aliphatic heterocycles. The van der Waals surface area contributed by atoms with Gasteiger partial charge in [0.1, 0.15) is 0 Å². The van der Waals surface area contributed by atoms with E-state index >= 15 is 0 Å². The average molecular weight is 449 g/mol. The van der Waals surface area contributed by atoms with Crippen LogP contribution < -0.4 is 5.32 Å². The van der Waals surface area contributed by atoms with Crippen molar-refractivity contribution in [3.8, 4) is 11.4 Å². The van der Waals surface area contributed by atoms with Crippen molar-refractivity contribution in [2.24, 2.45) is 5.92 Å². The third kappa shape index (κ3) is 5.75. The predicted molar refractivity (Wildman–Crippen MR) is 121 cm³/mol. The first-order chi connectivity index (χ1) is 13.8. The molecular weight excluding hydrogens is 427 g/mol. The molecule has 0 radical (unpaired) electrons. The minimum atomic E-state index is -0.123. The second-order valence-electron chi connectivity index (χ2n) is 7.12. The minimum Gasteiger partial charge on any atom is -0.325 e. The van der Waals surface area contributed by atoms with Crippen molar-refractivity contribution in [2.75, 3.05) is 11.1 Å². The Bertz CT molecular complexity index is 1000. The van der Waals surface area contributed by atoms with Gasteiger partial charge in [-0.3, -0.25) is 4.79 Å². The van der Waals surface area contributed by atoms with Crippen molar-refractivity contribution in [2.45, 2.75) is 32.5 Å². The van der Waals surface area contributed by atoms with Crippen LogP contribution in [0.3, 0.4) is 0 Å². The first kappa shape index (κ1) is 21.7. The smallest absolute Gasteiger partial charge is 0.234 e. The van der Waals surface area contributed by atoms with E-state index in [0.717, 1.165) is 23.5 Å². The van der Waals surface area contributed by atoms with Crippen molar-refractivity contribution in [1.82, 2.24) is 14.8 Å². The van der Waals surface area contributed by atoms with E-state index in [1.165, 1.54) is 11.8 Å². The Labute approximate surface area is 184 Å². The molecule has 3 aromatic rings. The van der Waals surface area contributed by atoms with Gasteiger partial charge in [0.05, 0.1) is 5.75 Å². The van der Waals surface area contributed by atoms with Gasteiger partial charge in [-0.25, -0.2) is 0 Å². The number of aromatic nitrogens is 3. The molecule has 0 spiro atoms. The molecule has 2 aromatic carbocycles. The SMILES string of the molecule is Cc1ccc(NC(=O)CSc2nnc(-c3ccc(Cl)cc3)n2CC(C)C)cc1Cl. The summed E-state index contributed by atoms with van der Waals surface area (Å²) in [5.41, 5.74) is 2.58. The highest BCUT2D eigenvalue weighted by Gasteiger charge is 2.17.